The monoisotopic (exact) mass is 342 g/mol. The molecule has 0 fully saturated rings. The molecule has 1 aromatic heterocycles. The normalized spacial score (nSPS) is 10.4. The van der Waals surface area contributed by atoms with Gasteiger partial charge in [-0.25, -0.2) is 4.79 Å². The average Bonchev–Trinajstić information content (AvgIpc) is 2.83. The van der Waals surface area contributed by atoms with E-state index in [1.807, 2.05) is 0 Å². The van der Waals surface area contributed by atoms with Crippen molar-refractivity contribution in [2.45, 2.75) is 16.2 Å². The summed E-state index contributed by atoms with van der Waals surface area (Å²) in [5.41, 5.74) is -1.86. The highest BCUT2D eigenvalue weighted by Gasteiger charge is 2.30. The van der Waals surface area contributed by atoms with Gasteiger partial charge in [0.2, 0.25) is 0 Å². The number of aromatic nitrogens is 2. The molecule has 0 amide bonds. The van der Waals surface area contributed by atoms with Crippen LogP contribution in [0.4, 0.5) is 11.4 Å². The van der Waals surface area contributed by atoms with E-state index in [1.165, 1.54) is 0 Å². The topological polar surface area (TPSA) is 149 Å². The lowest BCUT2D eigenvalue weighted by atomic mass is 10.2. The van der Waals surface area contributed by atoms with Crippen LogP contribution < -0.4 is 0 Å². The largest absolute Gasteiger partial charge is 0.478 e. The van der Waals surface area contributed by atoms with Gasteiger partial charge in [-0.1, -0.05) is 11.3 Å². The lowest BCUT2D eigenvalue weighted by molar-refractivity contribution is -0.399. The third-order valence-corrected chi connectivity index (χ3v) is 4.40. The molecule has 1 heterocycles. The zero-order valence-corrected chi connectivity index (χ0v) is 12.4. The number of hydrogen-bond donors (Lipinski definition) is 1. The van der Waals surface area contributed by atoms with Crippen LogP contribution in [-0.4, -0.2) is 31.1 Å². The molecule has 0 bridgehead atoms. The van der Waals surface area contributed by atoms with E-state index in [1.54, 1.807) is 6.92 Å². The molecule has 0 atom stereocenters. The molecule has 1 N–H and O–H groups in total. The second kappa shape index (κ2) is 6.03. The molecule has 0 saturated heterocycles. The smallest absolute Gasteiger partial charge is 0.336 e. The highest BCUT2D eigenvalue weighted by Crippen LogP contribution is 2.42. The molecule has 22 heavy (non-hydrogen) atoms. The van der Waals surface area contributed by atoms with Crippen molar-refractivity contribution in [3.8, 4) is 0 Å². The number of hydrogen-bond acceptors (Lipinski definition) is 9. The molecule has 2 rings (SSSR count). The van der Waals surface area contributed by atoms with Gasteiger partial charge in [-0.3, -0.25) is 20.2 Å². The van der Waals surface area contributed by atoms with Crippen molar-refractivity contribution in [1.29, 1.82) is 0 Å². The predicted molar refractivity (Wildman–Crippen MR) is 75.5 cm³/mol. The minimum atomic E-state index is -1.49. The summed E-state index contributed by atoms with van der Waals surface area (Å²) in [5.74, 6) is -1.49. The van der Waals surface area contributed by atoms with Gasteiger partial charge in [-0.15, -0.1) is 10.2 Å². The maximum atomic E-state index is 11.1. The minimum Gasteiger partial charge on any atom is -0.478 e. The molecule has 0 unspecified atom stereocenters. The Bertz CT molecular complexity index is 754. The highest BCUT2D eigenvalue weighted by molar-refractivity contribution is 8.01. The Labute approximate surface area is 130 Å². The number of aryl methyl sites for hydroxylation is 1. The Hall–Kier alpha value is -2.60. The van der Waals surface area contributed by atoms with Gasteiger partial charge in [-0.2, -0.15) is 0 Å². The molecule has 0 aliphatic carbocycles. The molecule has 12 heteroatoms. The van der Waals surface area contributed by atoms with Gasteiger partial charge >= 0.3 is 5.97 Å². The summed E-state index contributed by atoms with van der Waals surface area (Å²) in [6, 6.07) is 1.57. The maximum Gasteiger partial charge on any atom is 0.336 e. The number of rotatable bonds is 5. The molecule has 0 saturated carbocycles. The first-order chi connectivity index (χ1) is 10.3. The number of aromatic carboxylic acids is 1. The zero-order chi connectivity index (χ0) is 16.4. The highest BCUT2D eigenvalue weighted by atomic mass is 32.2. The Morgan fingerprint density at radius 3 is 2.14 bits per heavy atom. The second-order valence-electron chi connectivity index (χ2n) is 3.85. The van der Waals surface area contributed by atoms with Gasteiger partial charge in [0.15, 0.2) is 9.24 Å². The number of carboxylic acids is 1. The average molecular weight is 342 g/mol. The van der Waals surface area contributed by atoms with Gasteiger partial charge in [0.1, 0.15) is 5.01 Å². The number of carboxylic acid groups (broad SMARTS) is 1. The Morgan fingerprint density at radius 1 is 1.23 bits per heavy atom. The molecule has 1 aromatic carbocycles. The first-order valence-corrected chi connectivity index (χ1v) is 7.11. The molecule has 0 aliphatic rings. The quantitative estimate of drug-likeness (QED) is 0.638. The van der Waals surface area contributed by atoms with Gasteiger partial charge in [0.25, 0.3) is 11.4 Å². The first-order valence-electron chi connectivity index (χ1n) is 5.47. The minimum absolute atomic E-state index is 0.281. The lowest BCUT2D eigenvalue weighted by Crippen LogP contribution is -2.03. The van der Waals surface area contributed by atoms with E-state index in [0.717, 1.165) is 23.5 Å². The fourth-order valence-corrected chi connectivity index (χ4v) is 3.43. The molecule has 0 spiro atoms. The van der Waals surface area contributed by atoms with E-state index in [4.69, 9.17) is 5.11 Å². The molecule has 0 aliphatic heterocycles. The van der Waals surface area contributed by atoms with E-state index in [-0.39, 0.29) is 9.24 Å². The van der Waals surface area contributed by atoms with Gasteiger partial charge < -0.3 is 5.11 Å². The second-order valence-corrected chi connectivity index (χ2v) is 6.29. The standard InChI is InChI=1S/C10H6N4O6S2/c1-4-11-12-10(21-4)22-8-6(13(17)18)2-5(9(15)16)3-7(8)14(19)20/h2-3H,1H3,(H,15,16). The Morgan fingerprint density at radius 2 is 1.77 bits per heavy atom. The van der Waals surface area contributed by atoms with Crippen LogP contribution in [-0.2, 0) is 0 Å². The van der Waals surface area contributed by atoms with Crippen molar-refractivity contribution in [2.75, 3.05) is 0 Å². The fraction of sp³-hybridized carbons (Fsp3) is 0.100. The van der Waals surface area contributed by atoms with E-state index in [9.17, 15) is 25.0 Å². The number of benzene rings is 1. The zero-order valence-electron chi connectivity index (χ0n) is 10.7. The van der Waals surface area contributed by atoms with Crippen LogP contribution >= 0.6 is 23.1 Å². The predicted octanol–water partition coefficient (Wildman–Crippen LogP) is 2.51. The number of nitro groups is 2. The van der Waals surface area contributed by atoms with Crippen molar-refractivity contribution < 1.29 is 19.7 Å². The maximum absolute atomic E-state index is 11.1. The van der Waals surface area contributed by atoms with E-state index in [2.05, 4.69) is 10.2 Å². The van der Waals surface area contributed by atoms with Crippen molar-refractivity contribution >= 4 is 40.4 Å². The van der Waals surface area contributed by atoms with Crippen molar-refractivity contribution in [1.82, 2.24) is 10.2 Å². The lowest BCUT2D eigenvalue weighted by Gasteiger charge is -2.03. The molecule has 114 valence electrons. The van der Waals surface area contributed by atoms with E-state index >= 15 is 0 Å². The van der Waals surface area contributed by atoms with Crippen LogP contribution in [0.3, 0.4) is 0 Å². The van der Waals surface area contributed by atoms with Gasteiger partial charge in [0, 0.05) is 12.1 Å². The summed E-state index contributed by atoms with van der Waals surface area (Å²) in [4.78, 5) is 31.2. The molecule has 0 radical (unpaired) electrons. The molecule has 2 aromatic rings. The van der Waals surface area contributed by atoms with Gasteiger partial charge in [0.05, 0.1) is 15.4 Å². The molecular formula is C10H6N4O6S2. The van der Waals surface area contributed by atoms with Crippen LogP contribution in [0.5, 0.6) is 0 Å². The Balaban J connectivity index is 2.65. The summed E-state index contributed by atoms with van der Waals surface area (Å²) in [6.45, 7) is 1.66. The summed E-state index contributed by atoms with van der Waals surface area (Å²) in [5, 5.41) is 39.2. The number of carbonyl (C=O) groups is 1. The summed E-state index contributed by atoms with van der Waals surface area (Å²) < 4.78 is 0.284. The number of nitro benzene ring substituents is 2. The van der Waals surface area contributed by atoms with Crippen LogP contribution in [0.15, 0.2) is 21.4 Å². The SMILES string of the molecule is Cc1nnc(Sc2c([N+](=O)[O-])cc(C(=O)O)cc2[N+](=O)[O-])s1. The van der Waals surface area contributed by atoms with Crippen molar-refractivity contribution in [2.24, 2.45) is 0 Å². The van der Waals surface area contributed by atoms with Crippen LogP contribution in [0, 0.1) is 27.2 Å². The van der Waals surface area contributed by atoms with Gasteiger partial charge in [-0.05, 0) is 18.7 Å². The summed E-state index contributed by atoms with van der Waals surface area (Å²) in [7, 11) is 0. The van der Waals surface area contributed by atoms with E-state index in [0.29, 0.717) is 16.8 Å². The summed E-state index contributed by atoms with van der Waals surface area (Å²) >= 11 is 1.82. The van der Waals surface area contributed by atoms with Crippen LogP contribution in [0.25, 0.3) is 0 Å². The number of nitrogens with zero attached hydrogens (tertiary/aromatic N) is 4. The molecule has 10 nitrogen and oxygen atoms in total. The third-order valence-electron chi connectivity index (χ3n) is 2.39. The molecular weight excluding hydrogens is 336 g/mol. The third kappa shape index (κ3) is 3.17. The van der Waals surface area contributed by atoms with Crippen molar-refractivity contribution in [3.05, 3.63) is 42.9 Å². The fourth-order valence-electron chi connectivity index (χ4n) is 1.50. The Kier molecular flexibility index (Phi) is 4.32. The van der Waals surface area contributed by atoms with Crippen LogP contribution in [0.2, 0.25) is 0 Å². The van der Waals surface area contributed by atoms with Crippen LogP contribution in [0.1, 0.15) is 15.4 Å². The summed E-state index contributed by atoms with van der Waals surface area (Å²) in [6.07, 6.45) is 0. The first kappa shape index (κ1) is 15.8. The van der Waals surface area contributed by atoms with E-state index < -0.39 is 32.8 Å². The van der Waals surface area contributed by atoms with Crippen molar-refractivity contribution in [3.63, 3.8) is 0 Å².